The molecule has 1 aromatic carbocycles. The van der Waals surface area contributed by atoms with Crippen LogP contribution in [0.3, 0.4) is 0 Å². The smallest absolute Gasteiger partial charge is 0.359 e. The summed E-state index contributed by atoms with van der Waals surface area (Å²) in [6.07, 6.45) is 4.73. The summed E-state index contributed by atoms with van der Waals surface area (Å²) in [5.74, 6) is -1.06. The highest BCUT2D eigenvalue weighted by Gasteiger charge is 2.17. The minimum absolute atomic E-state index is 0.0253. The number of aryl methyl sites for hydroxylation is 2. The van der Waals surface area contributed by atoms with Gasteiger partial charge in [-0.3, -0.25) is 0 Å². The predicted octanol–water partition coefficient (Wildman–Crippen LogP) is 2.53. The minimum atomic E-state index is -1.06. The summed E-state index contributed by atoms with van der Waals surface area (Å²) < 4.78 is 0. The Labute approximate surface area is 114 Å². The molecule has 0 amide bonds. The molecule has 0 radical (unpaired) electrons. The van der Waals surface area contributed by atoms with Crippen LogP contribution in [0.25, 0.3) is 0 Å². The van der Waals surface area contributed by atoms with Gasteiger partial charge in [-0.1, -0.05) is 17.8 Å². The van der Waals surface area contributed by atoms with E-state index in [0.717, 1.165) is 17.7 Å². The van der Waals surface area contributed by atoms with Crippen molar-refractivity contribution in [3.05, 3.63) is 35.0 Å². The third-order valence-corrected chi connectivity index (χ3v) is 4.22. The Hall–Kier alpha value is -1.82. The first-order chi connectivity index (χ1) is 9.24. The number of benzene rings is 1. The summed E-state index contributed by atoms with van der Waals surface area (Å²) in [7, 11) is 0. The van der Waals surface area contributed by atoms with Crippen molar-refractivity contribution in [3.63, 3.8) is 0 Å². The van der Waals surface area contributed by atoms with Gasteiger partial charge in [0.25, 0.3) is 0 Å². The lowest BCUT2D eigenvalue weighted by Crippen LogP contribution is -2.02. The average Bonchev–Trinajstić information content (AvgIpc) is 2.87. The first kappa shape index (κ1) is 12.2. The van der Waals surface area contributed by atoms with Gasteiger partial charge >= 0.3 is 5.97 Å². The van der Waals surface area contributed by atoms with Crippen LogP contribution in [-0.2, 0) is 12.8 Å². The topological polar surface area (TPSA) is 78.9 Å². The van der Waals surface area contributed by atoms with Crippen molar-refractivity contribution >= 4 is 17.7 Å². The molecular formula is C13H13N3O2S. The molecule has 6 heteroatoms. The second-order valence-electron chi connectivity index (χ2n) is 4.52. The molecule has 1 heterocycles. The van der Waals surface area contributed by atoms with Gasteiger partial charge in [0.15, 0.2) is 5.03 Å². The third-order valence-electron chi connectivity index (χ3n) is 3.25. The van der Waals surface area contributed by atoms with E-state index in [4.69, 9.17) is 5.11 Å². The summed E-state index contributed by atoms with van der Waals surface area (Å²) in [5, 5.41) is 19.3. The van der Waals surface area contributed by atoms with Gasteiger partial charge in [0.2, 0.25) is 5.69 Å². The van der Waals surface area contributed by atoms with E-state index < -0.39 is 5.97 Å². The largest absolute Gasteiger partial charge is 0.476 e. The van der Waals surface area contributed by atoms with E-state index in [-0.39, 0.29) is 5.69 Å². The van der Waals surface area contributed by atoms with Crippen LogP contribution in [0.2, 0.25) is 0 Å². The zero-order valence-electron chi connectivity index (χ0n) is 10.2. The molecule has 0 unspecified atom stereocenters. The van der Waals surface area contributed by atoms with Crippen molar-refractivity contribution in [2.45, 2.75) is 35.6 Å². The predicted molar refractivity (Wildman–Crippen MR) is 70.5 cm³/mol. The second kappa shape index (κ2) is 5.05. The van der Waals surface area contributed by atoms with Crippen molar-refractivity contribution < 1.29 is 9.90 Å². The number of nitrogens with one attached hydrogen (secondary N) is 1. The zero-order valence-corrected chi connectivity index (χ0v) is 11.0. The Bertz CT molecular complexity index is 624. The number of aromatic amines is 1. The molecule has 0 saturated carbocycles. The van der Waals surface area contributed by atoms with Crippen LogP contribution in [-0.4, -0.2) is 26.5 Å². The maximum Gasteiger partial charge on any atom is 0.359 e. The Morgan fingerprint density at radius 3 is 2.79 bits per heavy atom. The number of carboxylic acids is 1. The lowest BCUT2D eigenvalue weighted by atomic mass is 9.92. The molecule has 0 aliphatic heterocycles. The quantitative estimate of drug-likeness (QED) is 0.900. The van der Waals surface area contributed by atoms with Crippen LogP contribution in [0, 0.1) is 0 Å². The van der Waals surface area contributed by atoms with Crippen LogP contribution >= 0.6 is 11.8 Å². The fraction of sp³-hybridized carbons (Fsp3) is 0.308. The van der Waals surface area contributed by atoms with Gasteiger partial charge in [0.05, 0.1) is 0 Å². The Kier molecular flexibility index (Phi) is 3.25. The number of carbonyl (C=O) groups is 1. The monoisotopic (exact) mass is 275 g/mol. The van der Waals surface area contributed by atoms with Crippen molar-refractivity contribution in [3.8, 4) is 0 Å². The number of carboxylic acid groups (broad SMARTS) is 1. The van der Waals surface area contributed by atoms with E-state index in [1.54, 1.807) is 0 Å². The van der Waals surface area contributed by atoms with Crippen molar-refractivity contribution in [1.82, 2.24) is 15.4 Å². The number of rotatable bonds is 3. The number of H-pyrrole nitrogens is 1. The van der Waals surface area contributed by atoms with Crippen LogP contribution < -0.4 is 0 Å². The second-order valence-corrected chi connectivity index (χ2v) is 5.58. The fourth-order valence-electron chi connectivity index (χ4n) is 2.32. The molecule has 0 spiro atoms. The number of hydrogen-bond donors (Lipinski definition) is 2. The summed E-state index contributed by atoms with van der Waals surface area (Å²) in [4.78, 5) is 12.0. The first-order valence-corrected chi connectivity index (χ1v) is 6.99. The molecule has 1 aliphatic rings. The van der Waals surface area contributed by atoms with Crippen LogP contribution in [0.5, 0.6) is 0 Å². The van der Waals surface area contributed by atoms with E-state index in [2.05, 4.69) is 27.5 Å². The van der Waals surface area contributed by atoms with Crippen LogP contribution in [0.4, 0.5) is 0 Å². The van der Waals surface area contributed by atoms with Gasteiger partial charge in [-0.25, -0.2) is 4.79 Å². The molecule has 5 nitrogen and oxygen atoms in total. The number of fused-ring (bicyclic) bond motifs is 1. The maximum absolute atomic E-state index is 11.0. The SMILES string of the molecule is O=C(O)c1n[nH]nc1Sc1ccc2c(c1)CCCC2. The molecule has 2 N–H and O–H groups in total. The molecule has 2 aromatic rings. The lowest BCUT2D eigenvalue weighted by molar-refractivity contribution is 0.0686. The third kappa shape index (κ3) is 2.49. The highest BCUT2D eigenvalue weighted by atomic mass is 32.2. The Morgan fingerprint density at radius 2 is 2.00 bits per heavy atom. The van der Waals surface area contributed by atoms with Gasteiger partial charge < -0.3 is 5.11 Å². The standard InChI is InChI=1S/C13H13N3O2S/c17-13(18)11-12(15-16-14-11)19-10-6-5-8-3-1-2-4-9(8)7-10/h5-7H,1-4H2,(H,17,18)(H,14,15,16). The van der Waals surface area contributed by atoms with E-state index in [1.807, 2.05) is 6.07 Å². The van der Waals surface area contributed by atoms with Gasteiger partial charge in [-0.2, -0.15) is 5.21 Å². The van der Waals surface area contributed by atoms with Crippen LogP contribution in [0.1, 0.15) is 34.5 Å². The highest BCUT2D eigenvalue weighted by molar-refractivity contribution is 7.99. The van der Waals surface area contributed by atoms with E-state index in [0.29, 0.717) is 5.03 Å². The van der Waals surface area contributed by atoms with E-state index in [9.17, 15) is 4.79 Å². The van der Waals surface area contributed by atoms with E-state index in [1.165, 1.54) is 35.7 Å². The molecule has 0 saturated heterocycles. The fourth-order valence-corrected chi connectivity index (χ4v) is 3.19. The maximum atomic E-state index is 11.0. The normalized spacial score (nSPS) is 14.1. The summed E-state index contributed by atoms with van der Waals surface area (Å²) in [6.45, 7) is 0. The molecule has 0 bridgehead atoms. The minimum Gasteiger partial charge on any atom is -0.476 e. The molecule has 3 rings (SSSR count). The lowest BCUT2D eigenvalue weighted by Gasteiger charge is -2.16. The van der Waals surface area contributed by atoms with Gasteiger partial charge in [-0.05, 0) is 48.9 Å². The van der Waals surface area contributed by atoms with Gasteiger partial charge in [0, 0.05) is 4.90 Å². The molecule has 98 valence electrons. The Balaban J connectivity index is 1.87. The molecule has 0 atom stereocenters. The van der Waals surface area contributed by atoms with Crippen LogP contribution in [0.15, 0.2) is 28.1 Å². The first-order valence-electron chi connectivity index (χ1n) is 6.18. The Morgan fingerprint density at radius 1 is 1.21 bits per heavy atom. The number of hydrogen-bond acceptors (Lipinski definition) is 4. The average molecular weight is 275 g/mol. The molecule has 19 heavy (non-hydrogen) atoms. The van der Waals surface area contributed by atoms with E-state index >= 15 is 0 Å². The summed E-state index contributed by atoms with van der Waals surface area (Å²) in [6, 6.07) is 6.30. The molecule has 1 aliphatic carbocycles. The summed E-state index contributed by atoms with van der Waals surface area (Å²) >= 11 is 1.34. The summed E-state index contributed by atoms with van der Waals surface area (Å²) in [5.41, 5.74) is 2.76. The number of aromatic nitrogens is 3. The van der Waals surface area contributed by atoms with Gasteiger partial charge in [0.1, 0.15) is 0 Å². The number of aromatic carboxylic acids is 1. The number of nitrogens with zero attached hydrogens (tertiary/aromatic N) is 2. The zero-order chi connectivity index (χ0) is 13.2. The van der Waals surface area contributed by atoms with Crippen molar-refractivity contribution in [2.24, 2.45) is 0 Å². The molecule has 0 fully saturated rings. The molecule has 1 aromatic heterocycles. The molecular weight excluding hydrogens is 262 g/mol. The van der Waals surface area contributed by atoms with Gasteiger partial charge in [-0.15, -0.1) is 10.2 Å². The highest BCUT2D eigenvalue weighted by Crippen LogP contribution is 2.31. The van der Waals surface area contributed by atoms with Crippen molar-refractivity contribution in [2.75, 3.05) is 0 Å². The van der Waals surface area contributed by atoms with Crippen molar-refractivity contribution in [1.29, 1.82) is 0 Å².